The molecule has 0 unspecified atom stereocenters. The van der Waals surface area contributed by atoms with E-state index in [0.717, 1.165) is 24.2 Å². The van der Waals surface area contributed by atoms with Gasteiger partial charge in [0.1, 0.15) is 0 Å². The fourth-order valence-electron chi connectivity index (χ4n) is 3.24. The number of esters is 1. The summed E-state index contributed by atoms with van der Waals surface area (Å²) < 4.78 is 46.2. The normalized spacial score (nSPS) is 26.8. The highest BCUT2D eigenvalue weighted by atomic mass is 32.1. The summed E-state index contributed by atoms with van der Waals surface area (Å²) in [7, 11) is 0. The molecule has 138 valence electrons. The van der Waals surface area contributed by atoms with Gasteiger partial charge in [-0.05, 0) is 26.2 Å². The van der Waals surface area contributed by atoms with Crippen LogP contribution < -0.4 is 5.01 Å². The molecule has 0 aromatic carbocycles. The van der Waals surface area contributed by atoms with Crippen molar-refractivity contribution in [2.75, 3.05) is 11.6 Å². The number of fused-ring (bicyclic) bond motifs is 1. The third kappa shape index (κ3) is 3.01. The Balaban J connectivity index is 1.99. The smallest absolute Gasteiger partial charge is 0.439 e. The van der Waals surface area contributed by atoms with E-state index in [2.05, 4.69) is 10.1 Å². The lowest BCUT2D eigenvalue weighted by molar-refractivity contribution is -0.268. The molecule has 0 bridgehead atoms. The predicted molar refractivity (Wildman–Crippen MR) is 85.6 cm³/mol. The van der Waals surface area contributed by atoms with Crippen LogP contribution in [0.1, 0.15) is 49.5 Å². The molecule has 1 N–H and O–H groups in total. The molecule has 1 aliphatic carbocycles. The lowest BCUT2D eigenvalue weighted by Crippen LogP contribution is -2.60. The molecular weight excluding hydrogens is 359 g/mol. The molecule has 2 atom stereocenters. The topological polar surface area (TPSA) is 75.0 Å². The van der Waals surface area contributed by atoms with Crippen molar-refractivity contribution >= 4 is 28.1 Å². The second-order valence-electron chi connectivity index (χ2n) is 6.01. The predicted octanol–water partition coefficient (Wildman–Crippen LogP) is 3.33. The Hall–Kier alpha value is -1.68. The summed E-state index contributed by atoms with van der Waals surface area (Å²) in [5.74, 6) is -1.84. The molecule has 0 amide bonds. The van der Waals surface area contributed by atoms with E-state index in [1.165, 1.54) is 5.38 Å². The van der Waals surface area contributed by atoms with Gasteiger partial charge in [-0.2, -0.15) is 23.3 Å². The van der Waals surface area contributed by atoms with Gasteiger partial charge in [0.05, 0.1) is 12.5 Å². The van der Waals surface area contributed by atoms with Crippen LogP contribution in [0.3, 0.4) is 0 Å². The first-order chi connectivity index (χ1) is 11.8. The summed E-state index contributed by atoms with van der Waals surface area (Å²) in [5, 5.41) is 16.4. The summed E-state index contributed by atoms with van der Waals surface area (Å²) in [5.41, 5.74) is -2.90. The monoisotopic (exact) mass is 377 g/mol. The SMILES string of the molecule is CCOC(=O)c1csc(N2N=C3CCCCC[C@H]3[C@]2(O)C(F)(F)F)n1. The van der Waals surface area contributed by atoms with Crippen molar-refractivity contribution in [3.8, 4) is 0 Å². The van der Waals surface area contributed by atoms with Gasteiger partial charge in [-0.25, -0.2) is 9.78 Å². The van der Waals surface area contributed by atoms with E-state index in [9.17, 15) is 23.1 Å². The Morgan fingerprint density at radius 2 is 2.24 bits per heavy atom. The number of carbonyl (C=O) groups is 1. The van der Waals surface area contributed by atoms with E-state index >= 15 is 0 Å². The van der Waals surface area contributed by atoms with Crippen molar-refractivity contribution in [2.24, 2.45) is 11.0 Å². The number of anilines is 1. The van der Waals surface area contributed by atoms with Gasteiger partial charge in [0, 0.05) is 11.1 Å². The molecule has 3 rings (SSSR count). The summed E-state index contributed by atoms with van der Waals surface area (Å²) in [6, 6.07) is 0. The maximum atomic E-state index is 13.8. The molecule has 25 heavy (non-hydrogen) atoms. The fraction of sp³-hybridized carbons (Fsp3) is 0.667. The average Bonchev–Trinajstić information content (AvgIpc) is 3.04. The molecule has 1 aromatic heterocycles. The lowest BCUT2D eigenvalue weighted by Gasteiger charge is -2.36. The number of alkyl halides is 3. The van der Waals surface area contributed by atoms with Crippen molar-refractivity contribution < 1.29 is 27.8 Å². The molecule has 1 saturated carbocycles. The van der Waals surface area contributed by atoms with E-state index in [4.69, 9.17) is 4.74 Å². The highest BCUT2D eigenvalue weighted by molar-refractivity contribution is 7.14. The van der Waals surface area contributed by atoms with Crippen molar-refractivity contribution in [3.05, 3.63) is 11.1 Å². The largest absolute Gasteiger partial charge is 0.461 e. The number of nitrogens with zero attached hydrogens (tertiary/aromatic N) is 3. The standard InChI is InChI=1S/C15H18F3N3O3S/c1-2-24-12(22)11-8-25-13(19-11)21-14(23,15(16,17)18)9-6-4-3-5-7-10(9)20-21/h8-9,23H,2-7H2,1H3/t9-,14+/m1/s1. The second kappa shape index (κ2) is 6.56. The number of ether oxygens (including phenoxy) is 1. The number of hydrogen-bond acceptors (Lipinski definition) is 7. The van der Waals surface area contributed by atoms with E-state index in [1.807, 2.05) is 0 Å². The van der Waals surface area contributed by atoms with Crippen LogP contribution in [-0.4, -0.2) is 40.3 Å². The van der Waals surface area contributed by atoms with Crippen molar-refractivity contribution in [1.29, 1.82) is 0 Å². The summed E-state index contributed by atoms with van der Waals surface area (Å²) in [6.07, 6.45) is -2.14. The minimum Gasteiger partial charge on any atom is -0.461 e. The van der Waals surface area contributed by atoms with Gasteiger partial charge in [0.2, 0.25) is 5.13 Å². The van der Waals surface area contributed by atoms with Crippen molar-refractivity contribution in [1.82, 2.24) is 4.98 Å². The van der Waals surface area contributed by atoms with Crippen LogP contribution in [0.5, 0.6) is 0 Å². The van der Waals surface area contributed by atoms with Crippen LogP contribution >= 0.6 is 11.3 Å². The highest BCUT2D eigenvalue weighted by Gasteiger charge is 2.67. The number of rotatable bonds is 3. The minimum atomic E-state index is -4.91. The molecule has 10 heteroatoms. The van der Waals surface area contributed by atoms with Crippen LogP contribution in [-0.2, 0) is 4.74 Å². The van der Waals surface area contributed by atoms with Gasteiger partial charge >= 0.3 is 12.1 Å². The van der Waals surface area contributed by atoms with Crippen LogP contribution in [0.25, 0.3) is 0 Å². The Labute approximate surface area is 146 Å². The molecule has 2 aliphatic rings. The summed E-state index contributed by atoms with van der Waals surface area (Å²) >= 11 is 0.817. The summed E-state index contributed by atoms with van der Waals surface area (Å²) in [4.78, 5) is 15.6. The number of thiazole rings is 1. The van der Waals surface area contributed by atoms with Crippen LogP contribution in [0.15, 0.2) is 10.5 Å². The zero-order valence-electron chi connectivity index (χ0n) is 13.5. The number of aromatic nitrogens is 1. The maximum absolute atomic E-state index is 13.8. The first-order valence-corrected chi connectivity index (χ1v) is 8.96. The maximum Gasteiger partial charge on any atom is 0.439 e. The quantitative estimate of drug-likeness (QED) is 0.818. The molecular formula is C15H18F3N3O3S. The second-order valence-corrected chi connectivity index (χ2v) is 6.85. The number of aliphatic hydroxyl groups is 1. The highest BCUT2D eigenvalue weighted by Crippen LogP contribution is 2.49. The molecule has 0 saturated heterocycles. The van der Waals surface area contributed by atoms with E-state index in [0.29, 0.717) is 23.6 Å². The zero-order valence-corrected chi connectivity index (χ0v) is 14.4. The molecule has 1 aliphatic heterocycles. The third-order valence-corrected chi connectivity index (χ3v) is 5.26. The van der Waals surface area contributed by atoms with E-state index in [-0.39, 0.29) is 23.9 Å². The van der Waals surface area contributed by atoms with Crippen LogP contribution in [0.2, 0.25) is 0 Å². The van der Waals surface area contributed by atoms with Gasteiger partial charge < -0.3 is 9.84 Å². The van der Waals surface area contributed by atoms with Gasteiger partial charge in [-0.1, -0.05) is 12.8 Å². The Bertz CT molecular complexity index is 691. The van der Waals surface area contributed by atoms with Crippen LogP contribution in [0.4, 0.5) is 18.3 Å². The van der Waals surface area contributed by atoms with E-state index < -0.39 is 23.8 Å². The first kappa shape index (κ1) is 18.1. The summed E-state index contributed by atoms with van der Waals surface area (Å²) in [6.45, 7) is 1.75. The van der Waals surface area contributed by atoms with Crippen molar-refractivity contribution in [3.63, 3.8) is 0 Å². The third-order valence-electron chi connectivity index (χ3n) is 4.44. The number of hydrogen-bond donors (Lipinski definition) is 1. The Morgan fingerprint density at radius 3 is 2.92 bits per heavy atom. The van der Waals surface area contributed by atoms with Gasteiger partial charge in [0.25, 0.3) is 5.72 Å². The zero-order chi connectivity index (χ0) is 18.2. The number of hydrazone groups is 1. The van der Waals surface area contributed by atoms with Crippen LogP contribution in [0, 0.1) is 5.92 Å². The lowest BCUT2D eigenvalue weighted by atomic mass is 9.87. The Morgan fingerprint density at radius 1 is 1.48 bits per heavy atom. The molecule has 1 fully saturated rings. The number of carbonyl (C=O) groups excluding carboxylic acids is 1. The average molecular weight is 377 g/mol. The van der Waals surface area contributed by atoms with Crippen molar-refractivity contribution in [2.45, 2.75) is 50.9 Å². The number of halogens is 3. The molecule has 0 spiro atoms. The Kier molecular flexibility index (Phi) is 4.76. The molecule has 2 heterocycles. The van der Waals surface area contributed by atoms with Gasteiger partial charge in [-0.3, -0.25) is 0 Å². The van der Waals surface area contributed by atoms with Gasteiger partial charge in [0.15, 0.2) is 5.69 Å². The minimum absolute atomic E-state index is 0.0985. The molecule has 6 nitrogen and oxygen atoms in total. The molecule has 1 aromatic rings. The molecule has 0 radical (unpaired) electrons. The fourth-order valence-corrected chi connectivity index (χ4v) is 4.04. The van der Waals surface area contributed by atoms with E-state index in [1.54, 1.807) is 6.92 Å². The van der Waals surface area contributed by atoms with Gasteiger partial charge in [-0.15, -0.1) is 11.3 Å². The first-order valence-electron chi connectivity index (χ1n) is 8.08.